The number of aromatic nitrogens is 1. The molecule has 1 heterocycles. The maximum Gasteiger partial charge on any atom is 0.122 e. The van der Waals surface area contributed by atoms with Gasteiger partial charge in [-0.05, 0) is 24.6 Å². The van der Waals surface area contributed by atoms with Gasteiger partial charge in [0.25, 0.3) is 0 Å². The second-order valence-electron chi connectivity index (χ2n) is 3.46. The van der Waals surface area contributed by atoms with Crippen molar-refractivity contribution in [2.45, 2.75) is 13.5 Å². The van der Waals surface area contributed by atoms with E-state index in [-0.39, 0.29) is 0 Å². The molecule has 0 bridgehead atoms. The smallest absolute Gasteiger partial charge is 0.122 e. The predicted molar refractivity (Wildman–Crippen MR) is 59.7 cm³/mol. The Bertz CT molecular complexity index is 408. The first-order chi connectivity index (χ1) is 7.34. The van der Waals surface area contributed by atoms with Gasteiger partial charge in [0.2, 0.25) is 0 Å². The summed E-state index contributed by atoms with van der Waals surface area (Å²) in [6.07, 6.45) is 3.45. The van der Waals surface area contributed by atoms with Gasteiger partial charge in [0, 0.05) is 12.4 Å². The second-order valence-corrected chi connectivity index (χ2v) is 3.46. The van der Waals surface area contributed by atoms with E-state index >= 15 is 0 Å². The van der Waals surface area contributed by atoms with E-state index in [1.165, 1.54) is 11.1 Å². The zero-order valence-corrected chi connectivity index (χ0v) is 8.68. The van der Waals surface area contributed by atoms with E-state index in [4.69, 9.17) is 4.74 Å². The zero-order valence-electron chi connectivity index (χ0n) is 8.68. The van der Waals surface area contributed by atoms with Gasteiger partial charge < -0.3 is 4.74 Å². The van der Waals surface area contributed by atoms with Crippen molar-refractivity contribution in [2.24, 2.45) is 0 Å². The quantitative estimate of drug-likeness (QED) is 0.758. The van der Waals surface area contributed by atoms with Crippen LogP contribution in [0, 0.1) is 6.92 Å². The van der Waals surface area contributed by atoms with Crippen LogP contribution in [-0.2, 0) is 6.61 Å². The van der Waals surface area contributed by atoms with Crippen molar-refractivity contribution in [3.63, 3.8) is 0 Å². The van der Waals surface area contributed by atoms with E-state index in [1.54, 1.807) is 12.4 Å². The Morgan fingerprint density at radius 2 is 1.67 bits per heavy atom. The van der Waals surface area contributed by atoms with Crippen molar-refractivity contribution >= 4 is 0 Å². The number of pyridine rings is 1. The number of hydrogen-bond donors (Lipinski definition) is 0. The average molecular weight is 199 g/mol. The monoisotopic (exact) mass is 199 g/mol. The van der Waals surface area contributed by atoms with E-state index in [9.17, 15) is 0 Å². The van der Waals surface area contributed by atoms with Gasteiger partial charge in [0.15, 0.2) is 0 Å². The van der Waals surface area contributed by atoms with Crippen molar-refractivity contribution in [3.05, 3.63) is 59.9 Å². The summed E-state index contributed by atoms with van der Waals surface area (Å²) < 4.78 is 5.59. The maximum absolute atomic E-state index is 5.59. The molecule has 0 saturated heterocycles. The van der Waals surface area contributed by atoms with Crippen LogP contribution in [0.3, 0.4) is 0 Å². The Hall–Kier alpha value is -1.83. The molecule has 1 aromatic heterocycles. The highest BCUT2D eigenvalue weighted by molar-refractivity contribution is 5.22. The SMILES string of the molecule is Cc1ccc(COc2ccncc2)cc1. The zero-order chi connectivity index (χ0) is 10.5. The first kappa shape index (κ1) is 9.71. The first-order valence-corrected chi connectivity index (χ1v) is 4.93. The van der Waals surface area contributed by atoms with Crippen LogP contribution in [0.15, 0.2) is 48.8 Å². The molecule has 15 heavy (non-hydrogen) atoms. The van der Waals surface area contributed by atoms with Crippen LogP contribution < -0.4 is 4.74 Å². The molecule has 0 aliphatic rings. The topological polar surface area (TPSA) is 22.1 Å². The second kappa shape index (κ2) is 4.60. The molecule has 0 spiro atoms. The van der Waals surface area contributed by atoms with Gasteiger partial charge in [0.1, 0.15) is 12.4 Å². The summed E-state index contributed by atoms with van der Waals surface area (Å²) >= 11 is 0. The minimum atomic E-state index is 0.601. The van der Waals surface area contributed by atoms with Crippen molar-refractivity contribution in [1.29, 1.82) is 0 Å². The maximum atomic E-state index is 5.59. The molecular formula is C13H13NO. The van der Waals surface area contributed by atoms with Crippen molar-refractivity contribution in [1.82, 2.24) is 4.98 Å². The first-order valence-electron chi connectivity index (χ1n) is 4.93. The lowest BCUT2D eigenvalue weighted by atomic mass is 10.2. The van der Waals surface area contributed by atoms with E-state index < -0.39 is 0 Å². The Balaban J connectivity index is 1.96. The summed E-state index contributed by atoms with van der Waals surface area (Å²) in [5.41, 5.74) is 2.44. The van der Waals surface area contributed by atoms with Gasteiger partial charge in [-0.25, -0.2) is 0 Å². The fourth-order valence-electron chi connectivity index (χ4n) is 1.29. The minimum Gasteiger partial charge on any atom is -0.489 e. The van der Waals surface area contributed by atoms with Crippen molar-refractivity contribution in [3.8, 4) is 5.75 Å². The number of hydrogen-bond acceptors (Lipinski definition) is 2. The van der Waals surface area contributed by atoms with Crippen molar-refractivity contribution in [2.75, 3.05) is 0 Å². The summed E-state index contributed by atoms with van der Waals surface area (Å²) in [4.78, 5) is 3.93. The third-order valence-corrected chi connectivity index (χ3v) is 2.18. The molecule has 2 nitrogen and oxygen atoms in total. The van der Waals surface area contributed by atoms with Crippen LogP contribution in [0.1, 0.15) is 11.1 Å². The molecule has 0 fully saturated rings. The highest BCUT2D eigenvalue weighted by atomic mass is 16.5. The molecule has 0 radical (unpaired) electrons. The number of aryl methyl sites for hydroxylation is 1. The van der Waals surface area contributed by atoms with Gasteiger partial charge in [-0.15, -0.1) is 0 Å². The standard InChI is InChI=1S/C13H13NO/c1-11-2-4-12(5-3-11)10-15-13-6-8-14-9-7-13/h2-9H,10H2,1H3. The van der Waals surface area contributed by atoms with E-state index in [0.29, 0.717) is 6.61 Å². The van der Waals surface area contributed by atoms with Gasteiger partial charge >= 0.3 is 0 Å². The highest BCUT2D eigenvalue weighted by Gasteiger charge is 1.94. The highest BCUT2D eigenvalue weighted by Crippen LogP contribution is 2.10. The van der Waals surface area contributed by atoms with Crippen LogP contribution in [0.25, 0.3) is 0 Å². The van der Waals surface area contributed by atoms with Crippen molar-refractivity contribution < 1.29 is 4.74 Å². The Morgan fingerprint density at radius 1 is 1.00 bits per heavy atom. The molecule has 0 aliphatic carbocycles. The Kier molecular flexibility index (Phi) is 2.98. The van der Waals surface area contributed by atoms with Gasteiger partial charge in [-0.3, -0.25) is 4.98 Å². The summed E-state index contributed by atoms with van der Waals surface area (Å²) in [5.74, 6) is 0.852. The van der Waals surface area contributed by atoms with Crippen LogP contribution in [-0.4, -0.2) is 4.98 Å². The molecule has 0 saturated carbocycles. The van der Waals surface area contributed by atoms with Gasteiger partial charge in [-0.1, -0.05) is 29.8 Å². The van der Waals surface area contributed by atoms with Gasteiger partial charge in [-0.2, -0.15) is 0 Å². The van der Waals surface area contributed by atoms with Crippen LogP contribution in [0.4, 0.5) is 0 Å². The number of benzene rings is 1. The van der Waals surface area contributed by atoms with Crippen LogP contribution >= 0.6 is 0 Å². The predicted octanol–water partition coefficient (Wildman–Crippen LogP) is 2.97. The molecule has 2 aromatic rings. The molecule has 2 heteroatoms. The summed E-state index contributed by atoms with van der Waals surface area (Å²) in [5, 5.41) is 0. The Morgan fingerprint density at radius 3 is 2.33 bits per heavy atom. The van der Waals surface area contributed by atoms with E-state index in [1.807, 2.05) is 12.1 Å². The largest absolute Gasteiger partial charge is 0.489 e. The Labute approximate surface area is 89.6 Å². The lowest BCUT2D eigenvalue weighted by Crippen LogP contribution is -1.95. The molecule has 0 unspecified atom stereocenters. The summed E-state index contributed by atoms with van der Waals surface area (Å²) in [6, 6.07) is 12.0. The third kappa shape index (κ3) is 2.81. The summed E-state index contributed by atoms with van der Waals surface area (Å²) in [7, 11) is 0. The normalized spacial score (nSPS) is 9.93. The molecule has 0 N–H and O–H groups in total. The van der Waals surface area contributed by atoms with E-state index in [2.05, 4.69) is 36.2 Å². The van der Waals surface area contributed by atoms with E-state index in [0.717, 1.165) is 5.75 Å². The molecule has 0 aliphatic heterocycles. The molecule has 2 rings (SSSR count). The van der Waals surface area contributed by atoms with Crippen LogP contribution in [0.5, 0.6) is 5.75 Å². The van der Waals surface area contributed by atoms with Gasteiger partial charge in [0.05, 0.1) is 0 Å². The number of ether oxygens (including phenoxy) is 1. The fraction of sp³-hybridized carbons (Fsp3) is 0.154. The minimum absolute atomic E-state index is 0.601. The lowest BCUT2D eigenvalue weighted by molar-refractivity contribution is 0.306. The molecule has 1 aromatic carbocycles. The fourth-order valence-corrected chi connectivity index (χ4v) is 1.29. The molecule has 76 valence electrons. The lowest BCUT2D eigenvalue weighted by Gasteiger charge is -2.05. The number of rotatable bonds is 3. The molecule has 0 atom stereocenters. The summed E-state index contributed by atoms with van der Waals surface area (Å²) in [6.45, 7) is 2.68. The average Bonchev–Trinajstić information content (AvgIpc) is 2.30. The number of nitrogens with zero attached hydrogens (tertiary/aromatic N) is 1. The van der Waals surface area contributed by atoms with Crippen LogP contribution in [0.2, 0.25) is 0 Å². The molecular weight excluding hydrogens is 186 g/mol. The molecule has 0 amide bonds. The third-order valence-electron chi connectivity index (χ3n) is 2.18.